The summed E-state index contributed by atoms with van der Waals surface area (Å²) in [7, 11) is 0. The Kier molecular flexibility index (Phi) is 5.65. The van der Waals surface area contributed by atoms with E-state index in [0.717, 1.165) is 0 Å². The molecular formula is C11H20N4O2. The lowest BCUT2D eigenvalue weighted by atomic mass is 10.2. The van der Waals surface area contributed by atoms with Crippen molar-refractivity contribution in [1.82, 2.24) is 9.97 Å². The standard InChI is InChI=1S/C11H20N4O2/c1-3-17-7-11-14-9(12)4-10(15-11)13-5-8(2)6-16/h4,8,16H,3,5-7H2,1-2H3,(H3,12,13,14,15). The maximum Gasteiger partial charge on any atom is 0.158 e. The number of nitrogens with two attached hydrogens (primary N) is 1. The number of anilines is 2. The number of aliphatic hydroxyl groups excluding tert-OH is 1. The highest BCUT2D eigenvalue weighted by Crippen LogP contribution is 2.09. The molecule has 6 nitrogen and oxygen atoms in total. The van der Waals surface area contributed by atoms with E-state index in [1.807, 2.05) is 13.8 Å². The molecule has 1 atom stereocenters. The summed E-state index contributed by atoms with van der Waals surface area (Å²) < 4.78 is 5.23. The van der Waals surface area contributed by atoms with Gasteiger partial charge in [0.05, 0.1) is 0 Å². The van der Waals surface area contributed by atoms with Gasteiger partial charge in [0, 0.05) is 25.8 Å². The Morgan fingerprint density at radius 3 is 2.94 bits per heavy atom. The summed E-state index contributed by atoms with van der Waals surface area (Å²) in [5.41, 5.74) is 5.67. The van der Waals surface area contributed by atoms with Gasteiger partial charge in [0.15, 0.2) is 5.82 Å². The highest BCUT2D eigenvalue weighted by atomic mass is 16.5. The van der Waals surface area contributed by atoms with Crippen LogP contribution in [0.5, 0.6) is 0 Å². The van der Waals surface area contributed by atoms with Gasteiger partial charge in [0.2, 0.25) is 0 Å². The second-order valence-electron chi connectivity index (χ2n) is 3.90. The summed E-state index contributed by atoms with van der Waals surface area (Å²) in [5, 5.41) is 12.0. The van der Waals surface area contributed by atoms with Gasteiger partial charge in [0.25, 0.3) is 0 Å². The molecule has 0 spiro atoms. The smallest absolute Gasteiger partial charge is 0.158 e. The van der Waals surface area contributed by atoms with Crippen molar-refractivity contribution < 1.29 is 9.84 Å². The molecule has 96 valence electrons. The number of nitrogens with one attached hydrogen (secondary N) is 1. The van der Waals surface area contributed by atoms with Crippen molar-refractivity contribution in [2.45, 2.75) is 20.5 Å². The average molecular weight is 240 g/mol. The summed E-state index contributed by atoms with van der Waals surface area (Å²) in [6.45, 7) is 5.60. The number of aliphatic hydroxyl groups is 1. The monoisotopic (exact) mass is 240 g/mol. The van der Waals surface area contributed by atoms with Crippen molar-refractivity contribution in [3.63, 3.8) is 0 Å². The van der Waals surface area contributed by atoms with Crippen LogP contribution < -0.4 is 11.1 Å². The van der Waals surface area contributed by atoms with Crippen LogP contribution in [0.3, 0.4) is 0 Å². The highest BCUT2D eigenvalue weighted by Gasteiger charge is 2.04. The maximum absolute atomic E-state index is 8.92. The van der Waals surface area contributed by atoms with Gasteiger partial charge >= 0.3 is 0 Å². The van der Waals surface area contributed by atoms with E-state index < -0.39 is 0 Å². The van der Waals surface area contributed by atoms with E-state index in [1.165, 1.54) is 0 Å². The summed E-state index contributed by atoms with van der Waals surface area (Å²) in [4.78, 5) is 8.34. The van der Waals surface area contributed by atoms with E-state index in [0.29, 0.717) is 37.2 Å². The molecule has 0 aliphatic heterocycles. The van der Waals surface area contributed by atoms with Gasteiger partial charge in [-0.2, -0.15) is 0 Å². The molecule has 1 aromatic rings. The predicted molar refractivity (Wildman–Crippen MR) is 66.5 cm³/mol. The molecule has 1 heterocycles. The number of rotatable bonds is 7. The van der Waals surface area contributed by atoms with E-state index in [1.54, 1.807) is 6.07 Å². The van der Waals surface area contributed by atoms with Crippen LogP contribution in [-0.4, -0.2) is 34.8 Å². The van der Waals surface area contributed by atoms with Crippen molar-refractivity contribution >= 4 is 11.6 Å². The Hall–Kier alpha value is -1.40. The topological polar surface area (TPSA) is 93.3 Å². The quantitative estimate of drug-likeness (QED) is 0.647. The third-order valence-corrected chi connectivity index (χ3v) is 2.17. The van der Waals surface area contributed by atoms with Gasteiger partial charge in [-0.25, -0.2) is 9.97 Å². The molecule has 0 bridgehead atoms. The van der Waals surface area contributed by atoms with Crippen LogP contribution >= 0.6 is 0 Å². The summed E-state index contributed by atoms with van der Waals surface area (Å²) >= 11 is 0. The van der Waals surface area contributed by atoms with Gasteiger partial charge in [0.1, 0.15) is 18.2 Å². The van der Waals surface area contributed by atoms with Crippen LogP contribution in [0.25, 0.3) is 0 Å². The fourth-order valence-corrected chi connectivity index (χ4v) is 1.21. The van der Waals surface area contributed by atoms with Crippen molar-refractivity contribution in [2.75, 3.05) is 30.8 Å². The van der Waals surface area contributed by atoms with Crippen molar-refractivity contribution in [3.8, 4) is 0 Å². The van der Waals surface area contributed by atoms with E-state index in [-0.39, 0.29) is 12.5 Å². The lowest BCUT2D eigenvalue weighted by Crippen LogP contribution is -2.16. The van der Waals surface area contributed by atoms with Crippen LogP contribution in [0.4, 0.5) is 11.6 Å². The Morgan fingerprint density at radius 1 is 1.53 bits per heavy atom. The second-order valence-corrected chi connectivity index (χ2v) is 3.90. The van der Waals surface area contributed by atoms with Crippen LogP contribution in [0, 0.1) is 5.92 Å². The third kappa shape index (κ3) is 4.97. The first kappa shape index (κ1) is 13.7. The minimum Gasteiger partial charge on any atom is -0.396 e. The highest BCUT2D eigenvalue weighted by molar-refractivity contribution is 5.44. The van der Waals surface area contributed by atoms with Crippen molar-refractivity contribution in [1.29, 1.82) is 0 Å². The number of hydrogen-bond acceptors (Lipinski definition) is 6. The molecule has 4 N–H and O–H groups in total. The number of nitrogens with zero attached hydrogens (tertiary/aromatic N) is 2. The molecule has 0 radical (unpaired) electrons. The zero-order valence-electron chi connectivity index (χ0n) is 10.3. The number of nitrogen functional groups attached to an aromatic ring is 1. The van der Waals surface area contributed by atoms with Crippen LogP contribution in [0.2, 0.25) is 0 Å². The van der Waals surface area contributed by atoms with Gasteiger partial charge < -0.3 is 20.9 Å². The molecule has 6 heteroatoms. The molecule has 0 amide bonds. The first-order chi connectivity index (χ1) is 8.15. The summed E-state index contributed by atoms with van der Waals surface area (Å²) in [5.74, 6) is 1.80. The van der Waals surface area contributed by atoms with Gasteiger partial charge in [-0.3, -0.25) is 0 Å². The SMILES string of the molecule is CCOCc1nc(N)cc(NCC(C)CO)n1. The normalized spacial score (nSPS) is 12.4. The Bertz CT molecular complexity index is 346. The van der Waals surface area contributed by atoms with Crippen molar-refractivity contribution in [2.24, 2.45) is 5.92 Å². The zero-order chi connectivity index (χ0) is 12.7. The largest absolute Gasteiger partial charge is 0.396 e. The fourth-order valence-electron chi connectivity index (χ4n) is 1.21. The molecule has 0 aliphatic carbocycles. The molecule has 0 saturated heterocycles. The average Bonchev–Trinajstić information content (AvgIpc) is 2.32. The van der Waals surface area contributed by atoms with Gasteiger partial charge in [-0.1, -0.05) is 6.92 Å². The van der Waals surface area contributed by atoms with Crippen LogP contribution in [0.1, 0.15) is 19.7 Å². The first-order valence-electron chi connectivity index (χ1n) is 5.71. The first-order valence-corrected chi connectivity index (χ1v) is 5.71. The lowest BCUT2D eigenvalue weighted by molar-refractivity contribution is 0.128. The van der Waals surface area contributed by atoms with Gasteiger partial charge in [-0.05, 0) is 12.8 Å². The number of ether oxygens (including phenoxy) is 1. The number of hydrogen-bond donors (Lipinski definition) is 3. The second kappa shape index (κ2) is 7.03. The summed E-state index contributed by atoms with van der Waals surface area (Å²) in [6, 6.07) is 1.67. The molecule has 1 aromatic heterocycles. The molecule has 0 aliphatic rings. The van der Waals surface area contributed by atoms with Crippen molar-refractivity contribution in [3.05, 3.63) is 11.9 Å². The Balaban J connectivity index is 2.61. The van der Waals surface area contributed by atoms with E-state index in [9.17, 15) is 0 Å². The molecular weight excluding hydrogens is 220 g/mol. The van der Waals surface area contributed by atoms with Crippen LogP contribution in [0.15, 0.2) is 6.07 Å². The molecule has 1 rings (SSSR count). The van der Waals surface area contributed by atoms with E-state index in [2.05, 4.69) is 15.3 Å². The number of aromatic nitrogens is 2. The molecule has 0 fully saturated rings. The molecule has 0 aromatic carbocycles. The maximum atomic E-state index is 8.92. The Morgan fingerprint density at radius 2 is 2.29 bits per heavy atom. The molecule has 1 unspecified atom stereocenters. The zero-order valence-corrected chi connectivity index (χ0v) is 10.3. The minimum absolute atomic E-state index is 0.138. The minimum atomic E-state index is 0.138. The lowest BCUT2D eigenvalue weighted by Gasteiger charge is -2.11. The third-order valence-electron chi connectivity index (χ3n) is 2.17. The van der Waals surface area contributed by atoms with E-state index >= 15 is 0 Å². The Labute approximate surface area is 101 Å². The van der Waals surface area contributed by atoms with Crippen LogP contribution in [-0.2, 0) is 11.3 Å². The molecule has 0 saturated carbocycles. The molecule has 17 heavy (non-hydrogen) atoms. The summed E-state index contributed by atoms with van der Waals surface area (Å²) in [6.07, 6.45) is 0. The predicted octanol–water partition coefficient (Wildman–Crippen LogP) is 0.636. The van der Waals surface area contributed by atoms with E-state index in [4.69, 9.17) is 15.6 Å². The fraction of sp³-hybridized carbons (Fsp3) is 0.636. The van der Waals surface area contributed by atoms with Gasteiger partial charge in [-0.15, -0.1) is 0 Å².